The van der Waals surface area contributed by atoms with E-state index in [9.17, 15) is 14.4 Å². The summed E-state index contributed by atoms with van der Waals surface area (Å²) < 4.78 is 0. The first-order valence-corrected chi connectivity index (χ1v) is 12.4. The maximum atomic E-state index is 12.8. The smallest absolute Gasteiger partial charge is 0.267 e. The summed E-state index contributed by atoms with van der Waals surface area (Å²) in [6, 6.07) is 22.2. The maximum absolute atomic E-state index is 12.8. The van der Waals surface area contributed by atoms with Crippen molar-refractivity contribution < 1.29 is 19.6 Å². The molecule has 7 nitrogen and oxygen atoms in total. The minimum absolute atomic E-state index is 0.0724. The van der Waals surface area contributed by atoms with Gasteiger partial charge in [0.1, 0.15) is 0 Å². The van der Waals surface area contributed by atoms with E-state index in [0.717, 1.165) is 29.7 Å². The molecule has 0 radical (unpaired) electrons. The molecule has 0 aliphatic heterocycles. The van der Waals surface area contributed by atoms with E-state index < -0.39 is 5.91 Å². The van der Waals surface area contributed by atoms with Gasteiger partial charge in [-0.25, -0.2) is 5.48 Å². The third-order valence-corrected chi connectivity index (χ3v) is 5.81. The molecule has 0 heterocycles. The van der Waals surface area contributed by atoms with Crippen LogP contribution in [-0.4, -0.2) is 29.3 Å². The molecule has 0 fully saturated rings. The maximum Gasteiger partial charge on any atom is 0.267 e. The molecule has 0 aliphatic rings. The van der Waals surface area contributed by atoms with Crippen LogP contribution in [0.3, 0.4) is 0 Å². The van der Waals surface area contributed by atoms with Crippen LogP contribution < -0.4 is 16.1 Å². The van der Waals surface area contributed by atoms with Crippen LogP contribution in [0.2, 0.25) is 0 Å². The van der Waals surface area contributed by atoms with Crippen LogP contribution in [0.25, 0.3) is 6.08 Å². The summed E-state index contributed by atoms with van der Waals surface area (Å²) in [6.07, 6.45) is 10.5. The van der Waals surface area contributed by atoms with Crippen LogP contribution in [0.15, 0.2) is 78.9 Å². The van der Waals surface area contributed by atoms with E-state index in [1.54, 1.807) is 35.8 Å². The predicted molar refractivity (Wildman–Crippen MR) is 148 cm³/mol. The number of rotatable bonds is 13. The summed E-state index contributed by atoms with van der Waals surface area (Å²) in [4.78, 5) is 35.8. The van der Waals surface area contributed by atoms with Gasteiger partial charge in [-0.05, 0) is 66.4 Å². The Labute approximate surface area is 222 Å². The highest BCUT2D eigenvalue weighted by Crippen LogP contribution is 2.15. The molecule has 2 amide bonds. The Morgan fingerprint density at radius 1 is 0.868 bits per heavy atom. The average Bonchev–Trinajstić information content (AvgIpc) is 2.95. The molecule has 0 saturated carbocycles. The standard InChI is InChI=1S/C31H31N3O4/c1-2-3-4-5-29(35)33-28-17-15-27(16-18-28)31(37)26-13-10-24(11-14-26)20-21-32-22-25-8-6-23(7-9-25)12-19-30(36)34-38/h1,6-19,32,38H,3-5,20-22H2,(H,33,35)(H,34,36)/b19-12+. The largest absolute Gasteiger partial charge is 0.326 e. The van der Waals surface area contributed by atoms with Crippen LogP contribution in [-0.2, 0) is 22.6 Å². The van der Waals surface area contributed by atoms with Crippen molar-refractivity contribution in [1.82, 2.24) is 10.8 Å². The van der Waals surface area contributed by atoms with E-state index in [0.29, 0.717) is 42.6 Å². The molecule has 0 aromatic heterocycles. The van der Waals surface area contributed by atoms with E-state index >= 15 is 0 Å². The number of unbranched alkanes of at least 4 members (excludes halogenated alkanes) is 1. The lowest BCUT2D eigenvalue weighted by atomic mass is 10.0. The third kappa shape index (κ3) is 9.17. The van der Waals surface area contributed by atoms with Crippen molar-refractivity contribution in [3.05, 3.63) is 107 Å². The van der Waals surface area contributed by atoms with E-state index in [1.165, 1.54) is 6.08 Å². The van der Waals surface area contributed by atoms with Crippen molar-refractivity contribution in [3.8, 4) is 12.3 Å². The number of carbonyl (C=O) groups excluding carboxylic acids is 3. The number of carbonyl (C=O) groups is 3. The van der Waals surface area contributed by atoms with E-state index in [-0.39, 0.29) is 11.7 Å². The molecule has 0 unspecified atom stereocenters. The van der Waals surface area contributed by atoms with Gasteiger partial charge >= 0.3 is 0 Å². The van der Waals surface area contributed by atoms with E-state index in [4.69, 9.17) is 11.6 Å². The van der Waals surface area contributed by atoms with Gasteiger partial charge in [-0.3, -0.25) is 19.6 Å². The Kier molecular flexibility index (Phi) is 11.0. The van der Waals surface area contributed by atoms with Crippen molar-refractivity contribution in [3.63, 3.8) is 0 Å². The minimum Gasteiger partial charge on any atom is -0.326 e. The Balaban J connectivity index is 1.43. The molecule has 0 atom stereocenters. The molecule has 4 N–H and O–H groups in total. The summed E-state index contributed by atoms with van der Waals surface area (Å²) in [7, 11) is 0. The molecule has 0 saturated heterocycles. The summed E-state index contributed by atoms with van der Waals surface area (Å²) in [5, 5.41) is 14.7. The van der Waals surface area contributed by atoms with Gasteiger partial charge in [0.05, 0.1) is 0 Å². The number of hydrogen-bond donors (Lipinski definition) is 4. The van der Waals surface area contributed by atoms with Crippen molar-refractivity contribution in [2.24, 2.45) is 0 Å². The first-order valence-electron chi connectivity index (χ1n) is 12.4. The fourth-order valence-electron chi connectivity index (χ4n) is 3.69. The molecule has 3 rings (SSSR count). The topological polar surface area (TPSA) is 108 Å². The second-order valence-corrected chi connectivity index (χ2v) is 8.69. The first kappa shape index (κ1) is 28.1. The highest BCUT2D eigenvalue weighted by Gasteiger charge is 2.10. The third-order valence-electron chi connectivity index (χ3n) is 5.81. The molecule has 0 aliphatic carbocycles. The molecule has 3 aromatic carbocycles. The monoisotopic (exact) mass is 509 g/mol. The van der Waals surface area contributed by atoms with E-state index in [2.05, 4.69) is 16.6 Å². The number of amides is 2. The predicted octanol–water partition coefficient (Wildman–Crippen LogP) is 4.51. The lowest BCUT2D eigenvalue weighted by Crippen LogP contribution is -2.16. The highest BCUT2D eigenvalue weighted by atomic mass is 16.5. The zero-order valence-corrected chi connectivity index (χ0v) is 21.1. The molecule has 0 bridgehead atoms. The Hall–Kier alpha value is -4.51. The molecular weight excluding hydrogens is 478 g/mol. The van der Waals surface area contributed by atoms with Gasteiger partial charge in [-0.2, -0.15) is 0 Å². The van der Waals surface area contributed by atoms with Crippen molar-refractivity contribution in [2.45, 2.75) is 32.2 Å². The van der Waals surface area contributed by atoms with Gasteiger partial charge in [0.15, 0.2) is 5.78 Å². The highest BCUT2D eigenvalue weighted by molar-refractivity contribution is 6.09. The fraction of sp³-hybridized carbons (Fsp3) is 0.194. The molecule has 194 valence electrons. The number of hydrogen-bond acceptors (Lipinski definition) is 5. The Morgan fingerprint density at radius 2 is 1.50 bits per heavy atom. The summed E-state index contributed by atoms with van der Waals surface area (Å²) >= 11 is 0. The van der Waals surface area contributed by atoms with Crippen LogP contribution in [0.1, 0.15) is 51.9 Å². The van der Waals surface area contributed by atoms with Gasteiger partial charge in [-0.15, -0.1) is 12.3 Å². The molecule has 0 spiro atoms. The van der Waals surface area contributed by atoms with Crippen molar-refractivity contribution >= 4 is 29.4 Å². The van der Waals surface area contributed by atoms with Crippen LogP contribution in [0, 0.1) is 12.3 Å². The number of benzene rings is 3. The Morgan fingerprint density at radius 3 is 2.13 bits per heavy atom. The zero-order chi connectivity index (χ0) is 27.2. The molecular formula is C31H31N3O4. The van der Waals surface area contributed by atoms with Gasteiger partial charge in [-0.1, -0.05) is 48.5 Å². The second kappa shape index (κ2) is 14.9. The molecule has 7 heteroatoms. The normalized spacial score (nSPS) is 10.6. The van der Waals surface area contributed by atoms with Crippen LogP contribution in [0.5, 0.6) is 0 Å². The lowest BCUT2D eigenvalue weighted by Gasteiger charge is -2.08. The number of terminal acetylenes is 1. The number of anilines is 1. The second-order valence-electron chi connectivity index (χ2n) is 8.69. The van der Waals surface area contributed by atoms with Gasteiger partial charge in [0, 0.05) is 42.3 Å². The van der Waals surface area contributed by atoms with Crippen molar-refractivity contribution in [1.29, 1.82) is 0 Å². The van der Waals surface area contributed by atoms with Crippen molar-refractivity contribution in [2.75, 3.05) is 11.9 Å². The zero-order valence-electron chi connectivity index (χ0n) is 21.1. The van der Waals surface area contributed by atoms with E-state index in [1.807, 2.05) is 48.5 Å². The summed E-state index contributed by atoms with van der Waals surface area (Å²) in [6.45, 7) is 1.49. The lowest BCUT2D eigenvalue weighted by molar-refractivity contribution is -0.124. The van der Waals surface area contributed by atoms with Crippen LogP contribution in [0.4, 0.5) is 5.69 Å². The minimum atomic E-state index is -0.572. The molecule has 3 aromatic rings. The number of ketones is 1. The van der Waals surface area contributed by atoms with Gasteiger partial charge < -0.3 is 10.6 Å². The van der Waals surface area contributed by atoms with Gasteiger partial charge in [0.25, 0.3) is 5.91 Å². The summed E-state index contributed by atoms with van der Waals surface area (Å²) in [5.41, 5.74) is 6.47. The van der Waals surface area contributed by atoms with Gasteiger partial charge in [0.2, 0.25) is 5.91 Å². The first-order chi connectivity index (χ1) is 18.5. The summed E-state index contributed by atoms with van der Waals surface area (Å²) in [5.74, 6) is 1.78. The average molecular weight is 510 g/mol. The SMILES string of the molecule is C#CCCCC(=O)Nc1ccc(C(=O)c2ccc(CCNCc3ccc(/C=C/C(=O)NO)cc3)cc2)cc1. The number of nitrogens with one attached hydrogen (secondary N) is 3. The van der Waals surface area contributed by atoms with Crippen LogP contribution >= 0.6 is 0 Å². The fourth-order valence-corrected chi connectivity index (χ4v) is 3.69. The molecule has 38 heavy (non-hydrogen) atoms. The Bertz CT molecular complexity index is 1290. The number of hydroxylamine groups is 1. The quantitative estimate of drug-likeness (QED) is 0.0677.